The van der Waals surface area contributed by atoms with Gasteiger partial charge in [0.1, 0.15) is 0 Å². The molecule has 1 aromatic rings. The lowest BCUT2D eigenvalue weighted by molar-refractivity contribution is -0.127. The molecule has 1 aliphatic heterocycles. The summed E-state index contributed by atoms with van der Waals surface area (Å²) < 4.78 is 0. The Hall–Kier alpha value is -1.50. The standard InChI is InChI=1S/C7H12N6O/c1-4(6-10-12-13-11-6)9-7(14)5-2-8-3-5/h4-5,8H,2-3H2,1H3,(H,9,14)(H,10,11,12,13). The summed E-state index contributed by atoms with van der Waals surface area (Å²) in [6.45, 7) is 3.34. The van der Waals surface area contributed by atoms with Crippen LogP contribution in [0.1, 0.15) is 18.8 Å². The Bertz CT molecular complexity index is 306. The van der Waals surface area contributed by atoms with Crippen molar-refractivity contribution in [1.82, 2.24) is 31.3 Å². The summed E-state index contributed by atoms with van der Waals surface area (Å²) in [6, 6.07) is -0.193. The van der Waals surface area contributed by atoms with Gasteiger partial charge in [0, 0.05) is 13.1 Å². The topological polar surface area (TPSA) is 95.6 Å². The quantitative estimate of drug-likeness (QED) is 0.552. The molecule has 1 aliphatic rings. The Kier molecular flexibility index (Phi) is 2.40. The van der Waals surface area contributed by atoms with Crippen LogP contribution in [0.3, 0.4) is 0 Å². The predicted molar refractivity (Wildman–Crippen MR) is 47.1 cm³/mol. The summed E-state index contributed by atoms with van der Waals surface area (Å²) in [4.78, 5) is 11.5. The number of carbonyl (C=O) groups excluding carboxylic acids is 1. The number of rotatable bonds is 3. The van der Waals surface area contributed by atoms with Crippen LogP contribution in [0.25, 0.3) is 0 Å². The van der Waals surface area contributed by atoms with Gasteiger partial charge in [-0.2, -0.15) is 5.21 Å². The van der Waals surface area contributed by atoms with Gasteiger partial charge in [0.25, 0.3) is 0 Å². The minimum absolute atomic E-state index is 0.0426. The third kappa shape index (κ3) is 1.72. The van der Waals surface area contributed by atoms with Gasteiger partial charge < -0.3 is 10.6 Å². The van der Waals surface area contributed by atoms with Crippen LogP contribution < -0.4 is 10.6 Å². The Balaban J connectivity index is 1.87. The summed E-state index contributed by atoms with van der Waals surface area (Å²) in [7, 11) is 0. The zero-order chi connectivity index (χ0) is 9.97. The molecule has 0 radical (unpaired) electrons. The van der Waals surface area contributed by atoms with Gasteiger partial charge in [-0.05, 0) is 6.92 Å². The summed E-state index contributed by atoms with van der Waals surface area (Å²) in [5, 5.41) is 19.2. The summed E-state index contributed by atoms with van der Waals surface area (Å²) in [6.07, 6.45) is 0. The van der Waals surface area contributed by atoms with Crippen LogP contribution in [0.15, 0.2) is 0 Å². The number of carbonyl (C=O) groups is 1. The first-order valence-corrected chi connectivity index (χ1v) is 4.52. The number of nitrogens with zero attached hydrogens (tertiary/aromatic N) is 3. The monoisotopic (exact) mass is 196 g/mol. The summed E-state index contributed by atoms with van der Waals surface area (Å²) >= 11 is 0. The zero-order valence-electron chi connectivity index (χ0n) is 7.82. The molecular weight excluding hydrogens is 184 g/mol. The largest absolute Gasteiger partial charge is 0.346 e. The maximum Gasteiger partial charge on any atom is 0.226 e. The number of aromatic amines is 1. The van der Waals surface area contributed by atoms with Crippen molar-refractivity contribution in [2.75, 3.05) is 13.1 Å². The van der Waals surface area contributed by atoms with E-state index in [2.05, 4.69) is 31.3 Å². The lowest BCUT2D eigenvalue weighted by Crippen LogP contribution is -2.51. The Morgan fingerprint density at radius 2 is 2.43 bits per heavy atom. The highest BCUT2D eigenvalue weighted by atomic mass is 16.2. The normalized spacial score (nSPS) is 18.6. The molecule has 0 aromatic carbocycles. The number of amides is 1. The SMILES string of the molecule is CC(NC(=O)C1CNC1)c1nn[nH]n1. The van der Waals surface area contributed by atoms with Crippen LogP contribution in [0, 0.1) is 5.92 Å². The van der Waals surface area contributed by atoms with Crippen LogP contribution in [-0.4, -0.2) is 39.6 Å². The second-order valence-electron chi connectivity index (χ2n) is 3.36. The molecule has 0 aliphatic carbocycles. The molecule has 1 atom stereocenters. The van der Waals surface area contributed by atoms with Gasteiger partial charge in [0.2, 0.25) is 5.91 Å². The van der Waals surface area contributed by atoms with Gasteiger partial charge in [-0.3, -0.25) is 4.79 Å². The number of hydrogen-bond acceptors (Lipinski definition) is 5. The zero-order valence-corrected chi connectivity index (χ0v) is 7.82. The van der Waals surface area contributed by atoms with Crippen LogP contribution in [0.2, 0.25) is 0 Å². The lowest BCUT2D eigenvalue weighted by atomic mass is 10.0. The fraction of sp³-hybridized carbons (Fsp3) is 0.714. The highest BCUT2D eigenvalue weighted by Crippen LogP contribution is 2.08. The third-order valence-corrected chi connectivity index (χ3v) is 2.26. The molecule has 7 nitrogen and oxygen atoms in total. The van der Waals surface area contributed by atoms with Crippen molar-refractivity contribution < 1.29 is 4.79 Å². The van der Waals surface area contributed by atoms with E-state index < -0.39 is 0 Å². The van der Waals surface area contributed by atoms with Crippen molar-refractivity contribution in [2.24, 2.45) is 5.92 Å². The van der Waals surface area contributed by atoms with Crippen molar-refractivity contribution in [3.63, 3.8) is 0 Å². The van der Waals surface area contributed by atoms with Crippen LogP contribution in [-0.2, 0) is 4.79 Å². The minimum Gasteiger partial charge on any atom is -0.346 e. The van der Waals surface area contributed by atoms with E-state index in [1.165, 1.54) is 0 Å². The lowest BCUT2D eigenvalue weighted by Gasteiger charge is -2.26. The Morgan fingerprint density at radius 1 is 1.64 bits per heavy atom. The van der Waals surface area contributed by atoms with Crippen molar-refractivity contribution in [2.45, 2.75) is 13.0 Å². The molecule has 1 aromatic heterocycles. The molecule has 0 bridgehead atoms. The molecule has 76 valence electrons. The molecule has 7 heteroatoms. The molecule has 2 heterocycles. The van der Waals surface area contributed by atoms with Crippen molar-refractivity contribution in [3.8, 4) is 0 Å². The van der Waals surface area contributed by atoms with Gasteiger partial charge in [-0.15, -0.1) is 10.2 Å². The highest BCUT2D eigenvalue weighted by Gasteiger charge is 2.26. The Morgan fingerprint density at radius 3 is 2.93 bits per heavy atom. The van der Waals surface area contributed by atoms with Gasteiger partial charge in [0.05, 0.1) is 12.0 Å². The number of nitrogens with one attached hydrogen (secondary N) is 3. The van der Waals surface area contributed by atoms with Gasteiger partial charge in [-0.25, -0.2) is 0 Å². The first-order valence-electron chi connectivity index (χ1n) is 4.52. The van der Waals surface area contributed by atoms with Crippen LogP contribution in [0.5, 0.6) is 0 Å². The molecule has 0 spiro atoms. The molecule has 3 N–H and O–H groups in total. The number of aromatic nitrogens is 4. The molecular formula is C7H12N6O. The second kappa shape index (κ2) is 3.70. The maximum absolute atomic E-state index is 11.5. The van der Waals surface area contributed by atoms with E-state index in [9.17, 15) is 4.79 Å². The molecule has 1 unspecified atom stereocenters. The number of hydrogen-bond donors (Lipinski definition) is 3. The average molecular weight is 196 g/mol. The van der Waals surface area contributed by atoms with E-state index in [4.69, 9.17) is 0 Å². The number of tetrazole rings is 1. The van der Waals surface area contributed by atoms with Crippen molar-refractivity contribution >= 4 is 5.91 Å². The van der Waals surface area contributed by atoms with Gasteiger partial charge in [-0.1, -0.05) is 5.21 Å². The Labute approximate surface area is 80.6 Å². The summed E-state index contributed by atoms with van der Waals surface area (Å²) in [5.74, 6) is 0.635. The summed E-state index contributed by atoms with van der Waals surface area (Å²) in [5.41, 5.74) is 0. The minimum atomic E-state index is -0.193. The molecule has 0 saturated carbocycles. The van der Waals surface area contributed by atoms with E-state index in [1.54, 1.807) is 0 Å². The van der Waals surface area contributed by atoms with Crippen LogP contribution in [0.4, 0.5) is 0 Å². The van der Waals surface area contributed by atoms with Crippen molar-refractivity contribution in [1.29, 1.82) is 0 Å². The fourth-order valence-corrected chi connectivity index (χ4v) is 1.22. The van der Waals surface area contributed by atoms with Crippen molar-refractivity contribution in [3.05, 3.63) is 5.82 Å². The molecule has 1 fully saturated rings. The fourth-order valence-electron chi connectivity index (χ4n) is 1.22. The molecule has 2 rings (SSSR count). The van der Waals surface area contributed by atoms with E-state index in [0.29, 0.717) is 5.82 Å². The van der Waals surface area contributed by atoms with E-state index in [1.807, 2.05) is 6.92 Å². The smallest absolute Gasteiger partial charge is 0.226 e. The molecule has 1 amide bonds. The van der Waals surface area contributed by atoms with E-state index in [-0.39, 0.29) is 17.9 Å². The van der Waals surface area contributed by atoms with Gasteiger partial charge in [0.15, 0.2) is 5.82 Å². The first kappa shape index (κ1) is 9.07. The maximum atomic E-state index is 11.5. The third-order valence-electron chi connectivity index (χ3n) is 2.26. The predicted octanol–water partition coefficient (Wildman–Crippen LogP) is -1.40. The molecule has 14 heavy (non-hydrogen) atoms. The van der Waals surface area contributed by atoms with E-state index >= 15 is 0 Å². The highest BCUT2D eigenvalue weighted by molar-refractivity contribution is 5.80. The number of H-pyrrole nitrogens is 1. The van der Waals surface area contributed by atoms with Gasteiger partial charge >= 0.3 is 0 Å². The van der Waals surface area contributed by atoms with E-state index in [0.717, 1.165) is 13.1 Å². The second-order valence-corrected chi connectivity index (χ2v) is 3.36. The first-order chi connectivity index (χ1) is 6.77. The van der Waals surface area contributed by atoms with Crippen LogP contribution >= 0.6 is 0 Å². The molecule has 1 saturated heterocycles. The average Bonchev–Trinajstić information content (AvgIpc) is 2.51.